The Balaban J connectivity index is 1.92. The van der Waals surface area contributed by atoms with E-state index in [1.807, 2.05) is 13.8 Å². The zero-order valence-corrected chi connectivity index (χ0v) is 20.0. The molecule has 0 saturated carbocycles. The molecule has 0 aliphatic heterocycles. The molecule has 0 atom stereocenters. The number of hydrogen-bond acceptors (Lipinski definition) is 4. The fraction of sp³-hybridized carbons (Fsp3) is 0.250. The summed E-state index contributed by atoms with van der Waals surface area (Å²) in [5.41, 5.74) is 2.78. The molecule has 3 aromatic rings. The third kappa shape index (κ3) is 4.95. The van der Waals surface area contributed by atoms with Gasteiger partial charge in [0.25, 0.3) is 5.56 Å². The lowest BCUT2D eigenvalue weighted by atomic mass is 10.1. The summed E-state index contributed by atoms with van der Waals surface area (Å²) >= 11 is 5.87. The molecule has 0 aliphatic carbocycles. The topological polar surface area (TPSA) is 85.2 Å². The van der Waals surface area contributed by atoms with E-state index in [9.17, 15) is 18.0 Å². The lowest BCUT2D eigenvalue weighted by Crippen LogP contribution is -2.35. The smallest absolute Gasteiger partial charge is 0.270 e. The van der Waals surface area contributed by atoms with Crippen molar-refractivity contribution in [3.05, 3.63) is 91.9 Å². The summed E-state index contributed by atoms with van der Waals surface area (Å²) in [6.45, 7) is 6.95. The van der Waals surface area contributed by atoms with Crippen molar-refractivity contribution in [2.45, 2.75) is 50.6 Å². The quantitative estimate of drug-likeness (QED) is 0.589. The average Bonchev–Trinajstić information content (AvgIpc) is 2.72. The number of hydrogen-bond donors (Lipinski definition) is 1. The van der Waals surface area contributed by atoms with Gasteiger partial charge in [-0.2, -0.15) is 0 Å². The van der Waals surface area contributed by atoms with Gasteiger partial charge in [0.15, 0.2) is 0 Å². The number of benzene rings is 2. The minimum atomic E-state index is -4.05. The van der Waals surface area contributed by atoms with Crippen molar-refractivity contribution < 1.29 is 13.2 Å². The second-order valence-corrected chi connectivity index (χ2v) is 10.2. The largest absolute Gasteiger partial charge is 0.350 e. The lowest BCUT2D eigenvalue weighted by Gasteiger charge is -2.15. The lowest BCUT2D eigenvalue weighted by molar-refractivity contribution is -0.121. The Morgan fingerprint density at radius 3 is 2.22 bits per heavy atom. The Bertz CT molecular complexity index is 1340. The zero-order valence-electron chi connectivity index (χ0n) is 18.4. The minimum absolute atomic E-state index is 0.0587. The Labute approximate surface area is 192 Å². The van der Waals surface area contributed by atoms with Gasteiger partial charge >= 0.3 is 0 Å². The fourth-order valence-electron chi connectivity index (χ4n) is 3.43. The van der Waals surface area contributed by atoms with Gasteiger partial charge in [0.2, 0.25) is 15.7 Å². The summed E-state index contributed by atoms with van der Waals surface area (Å²) in [5, 5.41) is 3.35. The molecule has 1 amide bonds. The van der Waals surface area contributed by atoms with Gasteiger partial charge in [-0.3, -0.25) is 9.59 Å². The van der Waals surface area contributed by atoms with Crippen LogP contribution in [-0.4, -0.2) is 18.9 Å². The average molecular weight is 473 g/mol. The van der Waals surface area contributed by atoms with Gasteiger partial charge in [-0.05, 0) is 80.3 Å². The van der Waals surface area contributed by atoms with Crippen molar-refractivity contribution in [2.75, 3.05) is 0 Å². The standard InChI is InChI=1S/C24H25ClN2O4S/c1-15-5-10-21(12-16(15)2)32(30,31)23-17(3)11-18(4)27(24(23)29)14-22(28)26-13-19-6-8-20(25)9-7-19/h5-12H,13-14H2,1-4H3,(H,26,28). The van der Waals surface area contributed by atoms with Crippen LogP contribution in [0.15, 0.2) is 63.1 Å². The van der Waals surface area contributed by atoms with E-state index < -0.39 is 21.3 Å². The molecule has 6 nitrogen and oxygen atoms in total. The maximum absolute atomic E-state index is 13.3. The zero-order chi connectivity index (χ0) is 23.6. The summed E-state index contributed by atoms with van der Waals surface area (Å²) in [6, 6.07) is 13.4. The van der Waals surface area contributed by atoms with E-state index in [1.54, 1.807) is 56.3 Å². The van der Waals surface area contributed by atoms with Crippen LogP contribution in [0.4, 0.5) is 0 Å². The highest BCUT2D eigenvalue weighted by molar-refractivity contribution is 7.91. The molecular weight excluding hydrogens is 448 g/mol. The van der Waals surface area contributed by atoms with Gasteiger partial charge in [0, 0.05) is 17.3 Å². The molecule has 2 aromatic carbocycles. The number of carbonyl (C=O) groups excluding carboxylic acids is 1. The van der Waals surface area contributed by atoms with Crippen LogP contribution in [0, 0.1) is 27.7 Å². The summed E-state index contributed by atoms with van der Waals surface area (Å²) in [5.74, 6) is -0.400. The molecule has 8 heteroatoms. The second-order valence-electron chi connectivity index (χ2n) is 7.84. The number of carbonyl (C=O) groups is 1. The normalized spacial score (nSPS) is 11.4. The van der Waals surface area contributed by atoms with E-state index in [1.165, 1.54) is 10.6 Å². The van der Waals surface area contributed by atoms with Gasteiger partial charge in [0.05, 0.1) is 4.90 Å². The first-order chi connectivity index (χ1) is 15.0. The Morgan fingerprint density at radius 1 is 0.938 bits per heavy atom. The monoisotopic (exact) mass is 472 g/mol. The molecular formula is C24H25ClN2O4S. The molecule has 0 aliphatic rings. The van der Waals surface area contributed by atoms with Crippen LogP contribution in [0.1, 0.15) is 27.9 Å². The molecule has 0 unspecified atom stereocenters. The Morgan fingerprint density at radius 2 is 1.59 bits per heavy atom. The molecule has 3 rings (SSSR count). The van der Waals surface area contributed by atoms with E-state index in [-0.39, 0.29) is 22.9 Å². The van der Waals surface area contributed by atoms with Crippen molar-refractivity contribution in [3.8, 4) is 0 Å². The molecule has 1 aromatic heterocycles. The van der Waals surface area contributed by atoms with Crippen molar-refractivity contribution in [1.29, 1.82) is 0 Å². The molecule has 168 valence electrons. The first-order valence-electron chi connectivity index (χ1n) is 10.0. The second kappa shape index (κ2) is 9.30. The van der Waals surface area contributed by atoms with E-state index >= 15 is 0 Å². The van der Waals surface area contributed by atoms with E-state index in [2.05, 4.69) is 5.32 Å². The Kier molecular flexibility index (Phi) is 6.91. The number of amides is 1. The fourth-order valence-corrected chi connectivity index (χ4v) is 5.20. The van der Waals surface area contributed by atoms with E-state index in [0.717, 1.165) is 16.7 Å². The van der Waals surface area contributed by atoms with Crippen LogP contribution < -0.4 is 10.9 Å². The third-order valence-corrected chi connectivity index (χ3v) is 7.57. The van der Waals surface area contributed by atoms with E-state index in [0.29, 0.717) is 16.3 Å². The van der Waals surface area contributed by atoms with Crippen molar-refractivity contribution in [3.63, 3.8) is 0 Å². The van der Waals surface area contributed by atoms with Crippen molar-refractivity contribution in [2.24, 2.45) is 0 Å². The van der Waals surface area contributed by atoms with Gasteiger partial charge in [-0.15, -0.1) is 0 Å². The number of halogens is 1. The number of sulfone groups is 1. The SMILES string of the molecule is Cc1ccc(S(=O)(=O)c2c(C)cc(C)n(CC(=O)NCc3ccc(Cl)cc3)c2=O)cc1C. The van der Waals surface area contributed by atoms with Crippen LogP contribution in [0.5, 0.6) is 0 Å². The predicted molar refractivity (Wildman–Crippen MR) is 125 cm³/mol. The Hall–Kier alpha value is -2.90. The van der Waals surface area contributed by atoms with Crippen LogP contribution in [-0.2, 0) is 27.7 Å². The van der Waals surface area contributed by atoms with Crippen molar-refractivity contribution in [1.82, 2.24) is 9.88 Å². The molecule has 0 bridgehead atoms. The van der Waals surface area contributed by atoms with Gasteiger partial charge < -0.3 is 9.88 Å². The number of aryl methyl sites for hydroxylation is 4. The number of nitrogens with zero attached hydrogens (tertiary/aromatic N) is 1. The van der Waals surface area contributed by atoms with Crippen LogP contribution >= 0.6 is 11.6 Å². The van der Waals surface area contributed by atoms with Gasteiger partial charge in [0.1, 0.15) is 11.4 Å². The first-order valence-corrected chi connectivity index (χ1v) is 11.9. The highest BCUT2D eigenvalue weighted by atomic mass is 35.5. The number of rotatable bonds is 6. The van der Waals surface area contributed by atoms with Crippen LogP contribution in [0.25, 0.3) is 0 Å². The van der Waals surface area contributed by atoms with Crippen LogP contribution in [0.3, 0.4) is 0 Å². The summed E-state index contributed by atoms with van der Waals surface area (Å²) in [6.07, 6.45) is 0. The maximum atomic E-state index is 13.3. The van der Waals surface area contributed by atoms with Gasteiger partial charge in [-0.25, -0.2) is 8.42 Å². The maximum Gasteiger partial charge on any atom is 0.270 e. The molecule has 0 spiro atoms. The highest BCUT2D eigenvalue weighted by Crippen LogP contribution is 2.23. The van der Waals surface area contributed by atoms with E-state index in [4.69, 9.17) is 11.6 Å². The highest BCUT2D eigenvalue weighted by Gasteiger charge is 2.26. The molecule has 1 heterocycles. The first kappa shape index (κ1) is 23.8. The summed E-state index contributed by atoms with van der Waals surface area (Å²) in [4.78, 5) is 25.5. The molecule has 1 N–H and O–H groups in total. The molecule has 0 radical (unpaired) electrons. The molecule has 0 saturated heterocycles. The van der Waals surface area contributed by atoms with Crippen molar-refractivity contribution >= 4 is 27.3 Å². The summed E-state index contributed by atoms with van der Waals surface area (Å²) in [7, 11) is -4.05. The third-order valence-electron chi connectivity index (χ3n) is 5.41. The minimum Gasteiger partial charge on any atom is -0.350 e. The predicted octanol–water partition coefficient (Wildman–Crippen LogP) is 3.88. The number of nitrogens with one attached hydrogen (secondary N) is 1. The number of aromatic nitrogens is 1. The number of pyridine rings is 1. The molecule has 0 fully saturated rings. The molecule has 32 heavy (non-hydrogen) atoms. The summed E-state index contributed by atoms with van der Waals surface area (Å²) < 4.78 is 27.8. The van der Waals surface area contributed by atoms with Crippen LogP contribution in [0.2, 0.25) is 5.02 Å². The van der Waals surface area contributed by atoms with Gasteiger partial charge in [-0.1, -0.05) is 29.8 Å².